The molecular weight excluding hydrogens is 394 g/mol. The molecule has 0 atom stereocenters. The minimum atomic E-state index is -0.536. The van der Waals surface area contributed by atoms with Gasteiger partial charge in [0, 0.05) is 11.6 Å². The fourth-order valence-corrected chi connectivity index (χ4v) is 3.42. The molecule has 1 heterocycles. The highest BCUT2D eigenvalue weighted by molar-refractivity contribution is 7.19. The summed E-state index contributed by atoms with van der Waals surface area (Å²) in [5.74, 6) is 0.00325. The van der Waals surface area contributed by atoms with Crippen LogP contribution in [0.3, 0.4) is 0 Å². The van der Waals surface area contributed by atoms with E-state index in [9.17, 15) is 9.59 Å². The first kappa shape index (κ1) is 20.2. The summed E-state index contributed by atoms with van der Waals surface area (Å²) in [6.45, 7) is 0. The Morgan fingerprint density at radius 2 is 1.69 bits per heavy atom. The molecule has 0 fully saturated rings. The molecule has 0 aliphatic rings. The van der Waals surface area contributed by atoms with Gasteiger partial charge in [0.05, 0.1) is 31.5 Å². The zero-order valence-corrected chi connectivity index (χ0v) is 16.8. The van der Waals surface area contributed by atoms with Crippen LogP contribution in [-0.2, 0) is 4.79 Å². The normalized spacial score (nSPS) is 10.7. The molecule has 0 spiro atoms. The Hall–Kier alpha value is -3.59. The highest BCUT2D eigenvalue weighted by atomic mass is 32.1. The summed E-state index contributed by atoms with van der Waals surface area (Å²) in [7, 11) is 4.37. The quantitative estimate of drug-likeness (QED) is 0.476. The lowest BCUT2D eigenvalue weighted by molar-refractivity contribution is -0.117. The molecule has 0 unspecified atom stereocenters. The molecule has 150 valence electrons. The monoisotopic (exact) mass is 413 g/mol. The van der Waals surface area contributed by atoms with Crippen molar-refractivity contribution in [1.82, 2.24) is 15.8 Å². The summed E-state index contributed by atoms with van der Waals surface area (Å²) in [6, 6.07) is 10.7. The third-order valence-corrected chi connectivity index (χ3v) is 4.92. The molecule has 9 heteroatoms. The Morgan fingerprint density at radius 1 is 1.00 bits per heavy atom. The van der Waals surface area contributed by atoms with E-state index in [0.29, 0.717) is 22.3 Å². The van der Waals surface area contributed by atoms with Crippen molar-refractivity contribution >= 4 is 39.4 Å². The van der Waals surface area contributed by atoms with E-state index in [1.165, 1.54) is 50.9 Å². The molecule has 8 nitrogen and oxygen atoms in total. The highest BCUT2D eigenvalue weighted by Crippen LogP contribution is 2.38. The number of rotatable bonds is 6. The number of amides is 2. The summed E-state index contributed by atoms with van der Waals surface area (Å²) in [5, 5.41) is 0.692. The molecule has 29 heavy (non-hydrogen) atoms. The van der Waals surface area contributed by atoms with Crippen LogP contribution < -0.4 is 25.1 Å². The van der Waals surface area contributed by atoms with Gasteiger partial charge in [-0.1, -0.05) is 12.1 Å². The number of hydrazine groups is 1. The van der Waals surface area contributed by atoms with Gasteiger partial charge in [0.1, 0.15) is 5.01 Å². The Bertz CT molecular complexity index is 1020. The van der Waals surface area contributed by atoms with Crippen molar-refractivity contribution in [3.8, 4) is 17.2 Å². The first-order valence-corrected chi connectivity index (χ1v) is 9.31. The van der Waals surface area contributed by atoms with Gasteiger partial charge in [-0.3, -0.25) is 20.4 Å². The van der Waals surface area contributed by atoms with Gasteiger partial charge in [-0.05, 0) is 30.3 Å². The minimum absolute atomic E-state index is 0.231. The van der Waals surface area contributed by atoms with E-state index in [2.05, 4.69) is 15.8 Å². The predicted octanol–water partition coefficient (Wildman–Crippen LogP) is 2.80. The van der Waals surface area contributed by atoms with Gasteiger partial charge in [0.25, 0.3) is 11.8 Å². The van der Waals surface area contributed by atoms with Gasteiger partial charge in [-0.2, -0.15) is 0 Å². The molecule has 2 N–H and O–H groups in total. The fraction of sp³-hybridized carbons (Fsp3) is 0.150. The average Bonchev–Trinajstić information content (AvgIpc) is 3.17. The SMILES string of the molecule is COc1cc(C(=O)NNC(=O)/C=C/c2nc3ccccc3s2)cc(OC)c1OC. The minimum Gasteiger partial charge on any atom is -0.493 e. The smallest absolute Gasteiger partial charge is 0.269 e. The van der Waals surface area contributed by atoms with Crippen LogP contribution in [0, 0.1) is 0 Å². The number of nitrogens with one attached hydrogen (secondary N) is 2. The molecule has 0 aliphatic carbocycles. The van der Waals surface area contributed by atoms with E-state index in [-0.39, 0.29) is 5.56 Å². The van der Waals surface area contributed by atoms with Crippen molar-refractivity contribution in [2.45, 2.75) is 0 Å². The van der Waals surface area contributed by atoms with Gasteiger partial charge in [-0.25, -0.2) is 4.98 Å². The topological polar surface area (TPSA) is 98.8 Å². The second-order valence-corrected chi connectivity index (χ2v) is 6.77. The Balaban J connectivity index is 1.64. The third-order valence-electron chi connectivity index (χ3n) is 3.91. The van der Waals surface area contributed by atoms with Crippen LogP contribution >= 0.6 is 11.3 Å². The van der Waals surface area contributed by atoms with Crippen LogP contribution in [0.15, 0.2) is 42.5 Å². The molecule has 2 aromatic carbocycles. The number of thiazole rings is 1. The number of fused-ring (bicyclic) bond motifs is 1. The molecule has 0 aliphatic heterocycles. The summed E-state index contributed by atoms with van der Waals surface area (Å²) in [5.41, 5.74) is 5.77. The molecule has 2 amide bonds. The van der Waals surface area contributed by atoms with Crippen LogP contribution in [0.25, 0.3) is 16.3 Å². The van der Waals surface area contributed by atoms with Crippen molar-refractivity contribution in [2.24, 2.45) is 0 Å². The fourth-order valence-electron chi connectivity index (χ4n) is 2.55. The molecule has 1 aromatic heterocycles. The van der Waals surface area contributed by atoms with Crippen LogP contribution in [0.4, 0.5) is 0 Å². The number of carbonyl (C=O) groups is 2. The maximum absolute atomic E-state index is 12.4. The lowest BCUT2D eigenvalue weighted by Gasteiger charge is -2.14. The van der Waals surface area contributed by atoms with Crippen molar-refractivity contribution in [3.05, 3.63) is 53.0 Å². The molecule has 0 saturated heterocycles. The van der Waals surface area contributed by atoms with E-state index in [4.69, 9.17) is 14.2 Å². The van der Waals surface area contributed by atoms with E-state index in [1.807, 2.05) is 24.3 Å². The maximum atomic E-state index is 12.4. The predicted molar refractivity (Wildman–Crippen MR) is 110 cm³/mol. The number of ether oxygens (including phenoxy) is 3. The Kier molecular flexibility index (Phi) is 6.30. The molecule has 0 saturated carbocycles. The van der Waals surface area contributed by atoms with E-state index in [1.54, 1.807) is 6.08 Å². The summed E-state index contributed by atoms with van der Waals surface area (Å²) < 4.78 is 16.7. The average molecular weight is 413 g/mol. The number of para-hydroxylation sites is 1. The zero-order valence-electron chi connectivity index (χ0n) is 16.0. The number of methoxy groups -OCH3 is 3. The molecule has 0 bridgehead atoms. The number of nitrogens with zero attached hydrogens (tertiary/aromatic N) is 1. The molecular formula is C20H19N3O5S. The first-order valence-electron chi connectivity index (χ1n) is 8.49. The Labute approximate surface area is 171 Å². The van der Waals surface area contributed by atoms with Crippen LogP contribution in [0.5, 0.6) is 17.2 Å². The lowest BCUT2D eigenvalue weighted by atomic mass is 10.1. The zero-order chi connectivity index (χ0) is 20.8. The van der Waals surface area contributed by atoms with E-state index < -0.39 is 11.8 Å². The molecule has 3 rings (SSSR count). The van der Waals surface area contributed by atoms with Crippen molar-refractivity contribution in [1.29, 1.82) is 0 Å². The highest BCUT2D eigenvalue weighted by Gasteiger charge is 2.17. The van der Waals surface area contributed by atoms with E-state index >= 15 is 0 Å². The van der Waals surface area contributed by atoms with Gasteiger partial charge in [0.15, 0.2) is 11.5 Å². The number of hydrogen-bond acceptors (Lipinski definition) is 7. The molecule has 3 aromatic rings. The van der Waals surface area contributed by atoms with Crippen LogP contribution in [0.1, 0.15) is 15.4 Å². The molecule has 0 radical (unpaired) electrons. The maximum Gasteiger partial charge on any atom is 0.269 e. The largest absolute Gasteiger partial charge is 0.493 e. The van der Waals surface area contributed by atoms with Crippen LogP contribution in [0.2, 0.25) is 0 Å². The van der Waals surface area contributed by atoms with Crippen molar-refractivity contribution in [2.75, 3.05) is 21.3 Å². The third kappa shape index (κ3) is 4.64. The lowest BCUT2D eigenvalue weighted by Crippen LogP contribution is -2.40. The second-order valence-electron chi connectivity index (χ2n) is 5.71. The van der Waals surface area contributed by atoms with Gasteiger partial charge in [0.2, 0.25) is 5.75 Å². The second kappa shape index (κ2) is 9.07. The summed E-state index contributed by atoms with van der Waals surface area (Å²) >= 11 is 1.47. The summed E-state index contributed by atoms with van der Waals surface area (Å²) in [4.78, 5) is 28.8. The van der Waals surface area contributed by atoms with E-state index in [0.717, 1.165) is 10.2 Å². The standard InChI is InChI=1S/C20H19N3O5S/c1-26-14-10-12(11-15(27-2)19(14)28-3)20(25)23-22-17(24)8-9-18-21-13-6-4-5-7-16(13)29-18/h4-11H,1-3H3,(H,22,24)(H,23,25)/b9-8+. The number of hydrogen-bond donors (Lipinski definition) is 2. The van der Waals surface area contributed by atoms with Crippen molar-refractivity contribution in [3.63, 3.8) is 0 Å². The van der Waals surface area contributed by atoms with Gasteiger partial charge in [-0.15, -0.1) is 11.3 Å². The first-order chi connectivity index (χ1) is 14.0. The summed E-state index contributed by atoms with van der Waals surface area (Å²) in [6.07, 6.45) is 2.89. The van der Waals surface area contributed by atoms with Crippen LogP contribution in [-0.4, -0.2) is 38.1 Å². The number of benzene rings is 2. The Morgan fingerprint density at radius 3 is 2.31 bits per heavy atom. The number of carbonyl (C=O) groups excluding carboxylic acids is 2. The van der Waals surface area contributed by atoms with Crippen molar-refractivity contribution < 1.29 is 23.8 Å². The van der Waals surface area contributed by atoms with Gasteiger partial charge < -0.3 is 14.2 Å². The van der Waals surface area contributed by atoms with Gasteiger partial charge >= 0.3 is 0 Å². The number of aromatic nitrogens is 1.